The summed E-state index contributed by atoms with van der Waals surface area (Å²) in [6.45, 7) is 1.42. The number of anilines is 1. The monoisotopic (exact) mass is 581 g/mol. The van der Waals surface area contributed by atoms with Gasteiger partial charge in [0.2, 0.25) is 0 Å². The van der Waals surface area contributed by atoms with Gasteiger partial charge in [0, 0.05) is 22.0 Å². The van der Waals surface area contributed by atoms with Gasteiger partial charge < -0.3 is 15.2 Å². The molecule has 38 heavy (non-hydrogen) atoms. The molecule has 0 spiro atoms. The number of halogens is 2. The van der Waals surface area contributed by atoms with Crippen molar-refractivity contribution in [3.8, 4) is 11.5 Å². The zero-order chi connectivity index (χ0) is 26.9. The van der Waals surface area contributed by atoms with Crippen molar-refractivity contribution in [1.29, 1.82) is 0 Å². The average Bonchev–Trinajstić information content (AvgIpc) is 2.85. The SMILES string of the molecule is COc1ccc(Cl)c(NC(=O)c2cc3ccccc3c(N=Nc3cc(Cl)c(C)c(S(=O)(=O)O)c3)c2[O-])c1.[Na+]. The summed E-state index contributed by atoms with van der Waals surface area (Å²) in [5.74, 6) is -0.988. The van der Waals surface area contributed by atoms with Gasteiger partial charge in [0.1, 0.15) is 10.6 Å². The second kappa shape index (κ2) is 12.0. The number of methoxy groups -OCH3 is 1. The molecule has 0 saturated carbocycles. The molecule has 2 N–H and O–H groups in total. The molecule has 0 aromatic heterocycles. The van der Waals surface area contributed by atoms with Gasteiger partial charge in [-0.05, 0) is 48.2 Å². The van der Waals surface area contributed by atoms with Crippen LogP contribution in [-0.4, -0.2) is 26.0 Å². The Balaban J connectivity index is 0.00000400. The van der Waals surface area contributed by atoms with E-state index in [1.165, 1.54) is 32.2 Å². The summed E-state index contributed by atoms with van der Waals surface area (Å²) in [6, 6.07) is 15.3. The molecule has 9 nitrogen and oxygen atoms in total. The number of fused-ring (bicyclic) bond motifs is 1. The first kappa shape index (κ1) is 29.9. The van der Waals surface area contributed by atoms with Crippen molar-refractivity contribution in [2.45, 2.75) is 11.8 Å². The summed E-state index contributed by atoms with van der Waals surface area (Å²) < 4.78 is 38.1. The van der Waals surface area contributed by atoms with Crippen molar-refractivity contribution in [1.82, 2.24) is 0 Å². The third-order valence-electron chi connectivity index (χ3n) is 5.47. The first-order valence-corrected chi connectivity index (χ1v) is 12.8. The Labute approximate surface area is 250 Å². The van der Waals surface area contributed by atoms with Crippen LogP contribution in [0.3, 0.4) is 0 Å². The van der Waals surface area contributed by atoms with Gasteiger partial charge in [-0.25, -0.2) is 0 Å². The fourth-order valence-corrected chi connectivity index (χ4v) is 4.77. The largest absolute Gasteiger partial charge is 1.00 e. The van der Waals surface area contributed by atoms with E-state index in [1.54, 1.807) is 36.4 Å². The average molecular weight is 582 g/mol. The first-order valence-electron chi connectivity index (χ1n) is 10.6. The number of nitrogens with zero attached hydrogens (tertiary/aromatic N) is 2. The second-order valence-corrected chi connectivity index (χ2v) is 10.1. The molecule has 0 aliphatic rings. The molecule has 0 bridgehead atoms. The molecule has 4 rings (SSSR count). The fourth-order valence-electron chi connectivity index (χ4n) is 3.57. The minimum Gasteiger partial charge on any atom is -0.870 e. The van der Waals surface area contributed by atoms with Crippen LogP contribution in [0.4, 0.5) is 17.1 Å². The van der Waals surface area contributed by atoms with Crippen LogP contribution >= 0.6 is 23.2 Å². The second-order valence-electron chi connectivity index (χ2n) is 7.85. The van der Waals surface area contributed by atoms with E-state index < -0.39 is 26.7 Å². The predicted molar refractivity (Wildman–Crippen MR) is 140 cm³/mol. The smallest absolute Gasteiger partial charge is 0.870 e. The number of nitrogens with one attached hydrogen (secondary N) is 1. The molecule has 190 valence electrons. The molecule has 0 atom stereocenters. The maximum absolute atomic E-state index is 13.4. The van der Waals surface area contributed by atoms with Gasteiger partial charge >= 0.3 is 29.6 Å². The van der Waals surface area contributed by atoms with Gasteiger partial charge in [-0.2, -0.15) is 18.6 Å². The maximum Gasteiger partial charge on any atom is 1.00 e. The van der Waals surface area contributed by atoms with Crippen LogP contribution in [0.5, 0.6) is 11.5 Å². The third kappa shape index (κ3) is 6.29. The number of amides is 1. The molecule has 0 aliphatic heterocycles. The summed E-state index contributed by atoms with van der Waals surface area (Å²) in [4.78, 5) is 12.7. The fraction of sp³-hybridized carbons (Fsp3) is 0.0800. The number of azo groups is 1. The van der Waals surface area contributed by atoms with Crippen LogP contribution in [0.25, 0.3) is 10.8 Å². The molecule has 0 radical (unpaired) electrons. The van der Waals surface area contributed by atoms with E-state index >= 15 is 0 Å². The molecular formula is C25H18Cl2N3NaO6S. The Morgan fingerprint density at radius 3 is 2.42 bits per heavy atom. The van der Waals surface area contributed by atoms with E-state index in [2.05, 4.69) is 15.5 Å². The molecule has 0 fully saturated rings. The van der Waals surface area contributed by atoms with Gasteiger partial charge in [-0.15, -0.1) is 0 Å². The van der Waals surface area contributed by atoms with E-state index in [-0.39, 0.29) is 67.8 Å². The Kier molecular flexibility index (Phi) is 9.43. The summed E-state index contributed by atoms with van der Waals surface area (Å²) in [6.07, 6.45) is 0. The zero-order valence-electron chi connectivity index (χ0n) is 20.3. The number of hydrogen-bond donors (Lipinski definition) is 2. The van der Waals surface area contributed by atoms with Crippen LogP contribution in [0.2, 0.25) is 10.0 Å². The quantitative estimate of drug-likeness (QED) is 0.203. The van der Waals surface area contributed by atoms with Crippen molar-refractivity contribution in [3.63, 3.8) is 0 Å². The molecule has 0 aliphatic carbocycles. The van der Waals surface area contributed by atoms with Crippen LogP contribution in [0, 0.1) is 6.92 Å². The van der Waals surface area contributed by atoms with Gasteiger partial charge in [0.25, 0.3) is 16.0 Å². The molecule has 4 aromatic carbocycles. The molecule has 0 heterocycles. The van der Waals surface area contributed by atoms with Crippen molar-refractivity contribution in [3.05, 3.63) is 81.8 Å². The van der Waals surface area contributed by atoms with E-state index in [9.17, 15) is 22.9 Å². The van der Waals surface area contributed by atoms with E-state index in [1.807, 2.05) is 0 Å². The standard InChI is InChI=1S/C25H19Cl2N3O6S.Na/c1-13-20(27)10-15(11-22(13)37(33,34)35)29-30-23-17-6-4-3-5-14(17)9-18(24(23)31)25(32)28-21-12-16(36-2)7-8-19(21)26;/h3-12,31H,1-2H3,(H,28,32)(H,33,34,35);/q;+1/p-1. The summed E-state index contributed by atoms with van der Waals surface area (Å²) >= 11 is 12.3. The number of ether oxygens (including phenoxy) is 1. The number of carbonyl (C=O) groups excluding carboxylic acids is 1. The van der Waals surface area contributed by atoms with Crippen molar-refractivity contribution in [2.24, 2.45) is 10.2 Å². The molecule has 0 unspecified atom stereocenters. The van der Waals surface area contributed by atoms with Gasteiger partial charge in [0.05, 0.1) is 29.2 Å². The van der Waals surface area contributed by atoms with Crippen molar-refractivity contribution in [2.75, 3.05) is 12.4 Å². The molecule has 1 amide bonds. The van der Waals surface area contributed by atoms with E-state index in [0.29, 0.717) is 16.5 Å². The molecule has 0 saturated heterocycles. The van der Waals surface area contributed by atoms with Gasteiger partial charge in [-0.1, -0.05) is 53.2 Å². The van der Waals surface area contributed by atoms with Crippen LogP contribution in [-0.2, 0) is 10.1 Å². The normalized spacial score (nSPS) is 11.4. The Morgan fingerprint density at radius 1 is 1.03 bits per heavy atom. The van der Waals surface area contributed by atoms with Crippen molar-refractivity contribution >= 4 is 67.1 Å². The topological polar surface area (TPSA) is 140 Å². The Bertz CT molecular complexity index is 1700. The van der Waals surface area contributed by atoms with Gasteiger partial charge in [0.15, 0.2) is 0 Å². The number of carbonyl (C=O) groups is 1. The first-order chi connectivity index (χ1) is 17.5. The van der Waals surface area contributed by atoms with E-state index in [4.69, 9.17) is 27.9 Å². The van der Waals surface area contributed by atoms with Crippen LogP contribution < -0.4 is 44.7 Å². The zero-order valence-corrected chi connectivity index (χ0v) is 24.6. The Morgan fingerprint density at radius 2 is 1.74 bits per heavy atom. The van der Waals surface area contributed by atoms with Gasteiger partial charge in [-0.3, -0.25) is 9.35 Å². The number of rotatable bonds is 6. The maximum atomic E-state index is 13.4. The van der Waals surface area contributed by atoms with Crippen molar-refractivity contribution < 1.29 is 57.2 Å². The number of benzene rings is 4. The van der Waals surface area contributed by atoms with Crippen LogP contribution in [0.15, 0.2) is 75.8 Å². The van der Waals surface area contributed by atoms with E-state index in [0.717, 1.165) is 6.07 Å². The molecule has 4 aromatic rings. The predicted octanol–water partition coefficient (Wildman–Crippen LogP) is 3.46. The molecule has 13 heteroatoms. The summed E-state index contributed by atoms with van der Waals surface area (Å²) in [7, 11) is -3.12. The number of hydrogen-bond acceptors (Lipinski definition) is 7. The minimum atomic E-state index is -4.58. The van der Waals surface area contributed by atoms with Crippen LogP contribution in [0.1, 0.15) is 15.9 Å². The minimum absolute atomic E-state index is 0. The summed E-state index contributed by atoms with van der Waals surface area (Å²) in [5.41, 5.74) is -0.0105. The Hall–Kier alpha value is -2.70. The third-order valence-corrected chi connectivity index (χ3v) is 7.17. The summed E-state index contributed by atoms with van der Waals surface area (Å²) in [5, 5.41) is 25.2. The molecular weight excluding hydrogens is 564 g/mol.